The van der Waals surface area contributed by atoms with Gasteiger partial charge in [-0.2, -0.15) is 0 Å². The molecule has 38 heavy (non-hydrogen) atoms. The number of rotatable bonds is 8. The fourth-order valence-electron chi connectivity index (χ4n) is 4.32. The molecule has 1 aliphatic rings. The monoisotopic (exact) mass is 527 g/mol. The summed E-state index contributed by atoms with van der Waals surface area (Å²) >= 11 is 0. The second kappa shape index (κ2) is 9.46. The highest BCUT2D eigenvalue weighted by Gasteiger charge is 2.26. The van der Waals surface area contributed by atoms with Gasteiger partial charge in [-0.05, 0) is 36.6 Å². The van der Waals surface area contributed by atoms with Crippen LogP contribution in [0.15, 0.2) is 79.4 Å². The molecule has 0 bridgehead atoms. The molecule has 8 nitrogen and oxygen atoms in total. The molecule has 1 fully saturated rings. The van der Waals surface area contributed by atoms with Crippen molar-refractivity contribution in [2.45, 2.75) is 24.5 Å². The van der Waals surface area contributed by atoms with Crippen LogP contribution >= 0.6 is 0 Å². The lowest BCUT2D eigenvalue weighted by Crippen LogP contribution is -2.17. The Morgan fingerprint density at radius 2 is 1.68 bits per heavy atom. The van der Waals surface area contributed by atoms with E-state index in [1.165, 1.54) is 24.4 Å². The minimum atomic E-state index is -3.91. The van der Waals surface area contributed by atoms with Gasteiger partial charge >= 0.3 is 0 Å². The highest BCUT2D eigenvalue weighted by molar-refractivity contribution is 7.91. The lowest BCUT2D eigenvalue weighted by atomic mass is 10.0. The number of ketones is 1. The van der Waals surface area contributed by atoms with Crippen molar-refractivity contribution in [3.8, 4) is 11.1 Å². The van der Waals surface area contributed by atoms with Gasteiger partial charge in [0.05, 0.1) is 17.0 Å². The van der Waals surface area contributed by atoms with E-state index in [1.54, 1.807) is 55.0 Å². The zero-order valence-corrected chi connectivity index (χ0v) is 20.9. The van der Waals surface area contributed by atoms with Crippen LogP contribution in [0.2, 0.25) is 0 Å². The summed E-state index contributed by atoms with van der Waals surface area (Å²) in [6, 6.07) is 14.4. The van der Waals surface area contributed by atoms with Gasteiger partial charge in [0.1, 0.15) is 11.5 Å². The van der Waals surface area contributed by atoms with Gasteiger partial charge in [0, 0.05) is 52.8 Å². The number of fused-ring (bicyclic) bond motifs is 1. The number of nitrogens with zero attached hydrogens (tertiary/aromatic N) is 3. The molecule has 0 amide bonds. The molecule has 1 saturated carbocycles. The predicted molar refractivity (Wildman–Crippen MR) is 142 cm³/mol. The normalized spacial score (nSPS) is 13.5. The van der Waals surface area contributed by atoms with E-state index in [9.17, 15) is 13.2 Å². The first-order valence-electron chi connectivity index (χ1n) is 12.0. The summed E-state index contributed by atoms with van der Waals surface area (Å²) in [5.74, 6) is -0.607. The van der Waals surface area contributed by atoms with Gasteiger partial charge in [0.2, 0.25) is 10.0 Å². The Bertz CT molecular complexity index is 1770. The quantitative estimate of drug-likeness (QED) is 0.268. The molecule has 3 aromatic heterocycles. The summed E-state index contributed by atoms with van der Waals surface area (Å²) < 4.78 is 43.0. The summed E-state index contributed by atoms with van der Waals surface area (Å²) in [5.41, 5.74) is 2.16. The number of hydrogen-bond donors (Lipinski definition) is 2. The number of hydrogen-bond acceptors (Lipinski definition) is 6. The molecule has 0 aliphatic heterocycles. The minimum Gasteiger partial charge on any atom is -0.345 e. The van der Waals surface area contributed by atoms with Crippen molar-refractivity contribution < 1.29 is 17.6 Å². The molecule has 190 valence electrons. The molecule has 5 aromatic rings. The predicted octanol–water partition coefficient (Wildman–Crippen LogP) is 5.21. The summed E-state index contributed by atoms with van der Waals surface area (Å²) in [6.45, 7) is 0. The molecule has 3 heterocycles. The first-order valence-corrected chi connectivity index (χ1v) is 13.7. The Labute approximate surface area is 218 Å². The Kier molecular flexibility index (Phi) is 5.96. The number of halogens is 1. The largest absolute Gasteiger partial charge is 0.345 e. The van der Waals surface area contributed by atoms with E-state index in [1.807, 2.05) is 0 Å². The van der Waals surface area contributed by atoms with Crippen LogP contribution in [0.3, 0.4) is 0 Å². The number of H-pyrrole nitrogens is 1. The molecule has 0 atom stereocenters. The minimum absolute atomic E-state index is 0.216. The zero-order valence-electron chi connectivity index (χ0n) is 20.1. The fraction of sp³-hybridized carbons (Fsp3) is 0.143. The Hall–Kier alpha value is -4.44. The second-order valence-electron chi connectivity index (χ2n) is 9.27. The van der Waals surface area contributed by atoms with Gasteiger partial charge in [-0.3, -0.25) is 9.52 Å². The first-order chi connectivity index (χ1) is 18.4. The van der Waals surface area contributed by atoms with Crippen LogP contribution in [0.1, 0.15) is 46.1 Å². The van der Waals surface area contributed by atoms with Crippen LogP contribution in [0.5, 0.6) is 0 Å². The molecule has 0 unspecified atom stereocenters. The van der Waals surface area contributed by atoms with Crippen LogP contribution < -0.4 is 4.72 Å². The van der Waals surface area contributed by atoms with Gasteiger partial charge < -0.3 is 4.98 Å². The molecule has 6 rings (SSSR count). The van der Waals surface area contributed by atoms with Crippen molar-refractivity contribution in [2.75, 3.05) is 4.72 Å². The van der Waals surface area contributed by atoms with Gasteiger partial charge in [0.25, 0.3) is 0 Å². The molecular weight excluding hydrogens is 505 g/mol. The number of carbonyl (C=O) groups is 1. The smallest absolute Gasteiger partial charge is 0.237 e. The maximum atomic E-state index is 15.4. The lowest BCUT2D eigenvalue weighted by molar-refractivity contribution is 0.103. The molecular formula is C28H22FN5O3S. The molecule has 2 aromatic carbocycles. The SMILES string of the molecule is O=C(c1cccc(NS(=O)(=O)Cc2ccccc2)c1F)c1c[nH]c2ncc(-c3cnc(C4CC4)nc3)cc12. The Balaban J connectivity index is 1.29. The third-order valence-corrected chi connectivity index (χ3v) is 7.68. The lowest BCUT2D eigenvalue weighted by Gasteiger charge is -2.11. The number of aromatic nitrogens is 4. The number of nitrogens with one attached hydrogen (secondary N) is 2. The van der Waals surface area contributed by atoms with E-state index >= 15 is 4.39 Å². The number of aromatic amines is 1. The molecule has 2 N–H and O–H groups in total. The summed E-state index contributed by atoms with van der Waals surface area (Å²) in [4.78, 5) is 29.7. The maximum Gasteiger partial charge on any atom is 0.237 e. The Morgan fingerprint density at radius 1 is 0.947 bits per heavy atom. The van der Waals surface area contributed by atoms with Crippen LogP contribution in [-0.4, -0.2) is 34.1 Å². The van der Waals surface area contributed by atoms with Crippen LogP contribution in [-0.2, 0) is 15.8 Å². The van der Waals surface area contributed by atoms with Gasteiger partial charge in [0.15, 0.2) is 11.6 Å². The third-order valence-electron chi connectivity index (χ3n) is 6.43. The van der Waals surface area contributed by atoms with E-state index in [0.29, 0.717) is 22.5 Å². The topological polar surface area (TPSA) is 118 Å². The average molecular weight is 528 g/mol. The molecule has 10 heteroatoms. The zero-order chi connectivity index (χ0) is 26.3. The molecule has 0 spiro atoms. The maximum absolute atomic E-state index is 15.4. The van der Waals surface area contributed by atoms with Gasteiger partial charge in [-0.15, -0.1) is 0 Å². The Morgan fingerprint density at radius 3 is 2.42 bits per heavy atom. The summed E-state index contributed by atoms with van der Waals surface area (Å²) in [6.07, 6.45) is 8.82. The second-order valence-corrected chi connectivity index (χ2v) is 11.0. The number of benzene rings is 2. The van der Waals surface area contributed by atoms with Crippen molar-refractivity contribution in [3.63, 3.8) is 0 Å². The van der Waals surface area contributed by atoms with E-state index in [0.717, 1.165) is 29.8 Å². The van der Waals surface area contributed by atoms with Crippen molar-refractivity contribution in [2.24, 2.45) is 0 Å². The third kappa shape index (κ3) is 4.78. The highest BCUT2D eigenvalue weighted by Crippen LogP contribution is 2.38. The van der Waals surface area contributed by atoms with Crippen LogP contribution in [0, 0.1) is 5.82 Å². The molecule has 1 aliphatic carbocycles. The fourth-order valence-corrected chi connectivity index (χ4v) is 5.51. The average Bonchev–Trinajstić information content (AvgIpc) is 3.68. The van der Waals surface area contributed by atoms with Gasteiger partial charge in [-0.1, -0.05) is 36.4 Å². The van der Waals surface area contributed by atoms with Crippen molar-refractivity contribution in [3.05, 3.63) is 108 Å². The van der Waals surface area contributed by atoms with Crippen molar-refractivity contribution in [1.29, 1.82) is 0 Å². The van der Waals surface area contributed by atoms with Gasteiger partial charge in [-0.25, -0.2) is 27.8 Å². The molecule has 0 radical (unpaired) electrons. The first kappa shape index (κ1) is 23.9. The molecule has 0 saturated heterocycles. The van der Waals surface area contributed by atoms with E-state index < -0.39 is 21.6 Å². The number of anilines is 1. The summed E-state index contributed by atoms with van der Waals surface area (Å²) in [7, 11) is -3.91. The van der Waals surface area contributed by atoms with E-state index in [4.69, 9.17) is 0 Å². The summed E-state index contributed by atoms with van der Waals surface area (Å²) in [5, 5.41) is 0.508. The van der Waals surface area contributed by atoms with Crippen LogP contribution in [0.25, 0.3) is 22.2 Å². The van der Waals surface area contributed by atoms with E-state index in [2.05, 4.69) is 24.7 Å². The standard InChI is InChI=1S/C28H22FN5O3S/c29-25-21(7-4-8-24(25)34-38(36,37)16-17-5-2-1-3-6-17)26(35)23-15-33-28-22(23)11-19(12-32-28)20-13-30-27(31-14-20)18-9-10-18/h1-8,11-15,18,34H,9-10,16H2,(H,32,33). The van der Waals surface area contributed by atoms with Crippen molar-refractivity contribution in [1.82, 2.24) is 19.9 Å². The van der Waals surface area contributed by atoms with Crippen LogP contribution in [0.4, 0.5) is 10.1 Å². The number of pyridine rings is 1. The highest BCUT2D eigenvalue weighted by atomic mass is 32.2. The van der Waals surface area contributed by atoms with E-state index in [-0.39, 0.29) is 22.6 Å². The number of carbonyl (C=O) groups excluding carboxylic acids is 1. The number of sulfonamides is 1. The van der Waals surface area contributed by atoms with Crippen molar-refractivity contribution >= 4 is 32.5 Å².